The molecule has 6 aliphatic carbocycles. The molecular weight excluding hydrogens is 1290 g/mol. The van der Waals surface area contributed by atoms with Crippen molar-refractivity contribution in [2.45, 2.75) is 49.6 Å². The van der Waals surface area contributed by atoms with Gasteiger partial charge in [0.1, 0.15) is 0 Å². The molecule has 11 aromatic rings. The second kappa shape index (κ2) is 23.0. The van der Waals surface area contributed by atoms with Crippen LogP contribution >= 0.6 is 65.9 Å². The number of amides is 2. The summed E-state index contributed by atoms with van der Waals surface area (Å²) in [6.07, 6.45) is 3.72. The van der Waals surface area contributed by atoms with Gasteiger partial charge in [-0.1, -0.05) is 177 Å². The number of aromatic nitrogens is 4. The number of thiazole rings is 3. The summed E-state index contributed by atoms with van der Waals surface area (Å²) in [5.41, 5.74) is 14.0. The number of benzene rings is 7. The average Bonchev–Trinajstić information content (AvgIpc) is 0.718. The highest BCUT2D eigenvalue weighted by atomic mass is 79.9. The van der Waals surface area contributed by atoms with E-state index in [-0.39, 0.29) is 46.3 Å². The molecule has 0 fully saturated rings. The zero-order valence-electron chi connectivity index (χ0n) is 47.0. The Labute approximate surface area is 534 Å². The highest BCUT2D eigenvalue weighted by Gasteiger charge is 2.68. The molecule has 0 saturated carbocycles. The zero-order valence-corrected chi connectivity index (χ0v) is 52.6. The number of nitrogens with zero attached hydrogens (tertiary/aromatic N) is 6. The van der Waals surface area contributed by atoms with E-state index >= 15 is 0 Å². The normalized spacial score (nSPS) is 21.1. The number of pyridine rings is 1. The van der Waals surface area contributed by atoms with Gasteiger partial charge in [-0.15, -0.1) is 34.0 Å². The number of hydrogen-bond acceptors (Lipinski definition) is 14. The van der Waals surface area contributed by atoms with E-state index in [0.717, 1.165) is 76.1 Å². The molecule has 88 heavy (non-hydrogen) atoms. The lowest BCUT2D eigenvalue weighted by atomic mass is 9.49. The smallest absolute Gasteiger partial charge is 0.273 e. The van der Waals surface area contributed by atoms with Gasteiger partial charge >= 0.3 is 0 Å². The Kier molecular flexibility index (Phi) is 15.2. The molecule has 4 aromatic heterocycles. The van der Waals surface area contributed by atoms with Crippen molar-refractivity contribution in [3.63, 3.8) is 0 Å². The van der Waals surface area contributed by atoms with Crippen LogP contribution in [0.5, 0.6) is 0 Å². The van der Waals surface area contributed by atoms with Crippen LogP contribution in [0.25, 0.3) is 44.9 Å². The number of fused-ring (bicyclic) bond motifs is 2. The summed E-state index contributed by atoms with van der Waals surface area (Å²) in [5, 5.41) is 39.0. The van der Waals surface area contributed by atoms with Gasteiger partial charge in [-0.05, 0) is 78.1 Å². The molecule has 0 aliphatic heterocycles. The van der Waals surface area contributed by atoms with E-state index in [2.05, 4.69) is 57.4 Å². The van der Waals surface area contributed by atoms with E-state index in [9.17, 15) is 29.8 Å². The molecule has 7 aromatic carbocycles. The summed E-state index contributed by atoms with van der Waals surface area (Å²) >= 11 is 11.0. The minimum absolute atomic E-state index is 0.0723. The van der Waals surface area contributed by atoms with Crippen LogP contribution in [0.15, 0.2) is 219 Å². The number of nitro groups is 2. The van der Waals surface area contributed by atoms with Gasteiger partial charge in [0.05, 0.1) is 27.9 Å². The molecule has 17 rings (SSSR count). The zero-order chi connectivity index (χ0) is 61.1. The van der Waals surface area contributed by atoms with Crippen LogP contribution in [-0.2, 0) is 20.7 Å². The van der Waals surface area contributed by atoms with Gasteiger partial charge in [-0.25, -0.2) is 15.0 Å². The molecule has 0 saturated heterocycles. The van der Waals surface area contributed by atoms with Crippen LogP contribution in [0.4, 0.5) is 15.4 Å². The molecule has 436 valence electrons. The molecule has 4 heterocycles. The Balaban J connectivity index is 0.000000136. The maximum absolute atomic E-state index is 14.1. The molecule has 2 unspecified atom stereocenters. The van der Waals surface area contributed by atoms with Crippen molar-refractivity contribution in [1.82, 2.24) is 19.9 Å². The van der Waals surface area contributed by atoms with Crippen molar-refractivity contribution >= 4 is 93.1 Å². The second-order valence-corrected chi connectivity index (χ2v) is 27.0. The number of hydrogen-bond donors (Lipinski definition) is 3. The van der Waals surface area contributed by atoms with Gasteiger partial charge in [0.15, 0.2) is 15.4 Å². The van der Waals surface area contributed by atoms with Crippen molar-refractivity contribution in [1.29, 1.82) is 0 Å². The molecule has 4 bridgehead atoms. The van der Waals surface area contributed by atoms with E-state index in [0.29, 0.717) is 37.6 Å². The third-order valence-corrected chi connectivity index (χ3v) is 20.6. The van der Waals surface area contributed by atoms with Crippen LogP contribution in [0, 0.1) is 31.1 Å². The summed E-state index contributed by atoms with van der Waals surface area (Å²) in [6.45, 7) is 3.70. The van der Waals surface area contributed by atoms with Crippen molar-refractivity contribution in [3.05, 3.63) is 284 Å². The maximum Gasteiger partial charge on any atom is 0.273 e. The topological polar surface area (TPSA) is 222 Å². The van der Waals surface area contributed by atoms with Crippen LogP contribution in [0.3, 0.4) is 0 Å². The Bertz CT molecular complexity index is 4480. The van der Waals surface area contributed by atoms with Crippen molar-refractivity contribution in [2.75, 3.05) is 16.4 Å². The molecule has 20 heteroatoms. The summed E-state index contributed by atoms with van der Waals surface area (Å²) in [5.74, 6) is -1.12. The number of carbonyl (C=O) groups excluding carboxylic acids is 2. The van der Waals surface area contributed by atoms with E-state index in [4.69, 9.17) is 10.7 Å². The van der Waals surface area contributed by atoms with Gasteiger partial charge in [-0.2, -0.15) is 0 Å². The largest absolute Gasteiger partial charge is 0.375 e. The van der Waals surface area contributed by atoms with Crippen LogP contribution in [0.1, 0.15) is 83.0 Å². The van der Waals surface area contributed by atoms with Crippen LogP contribution < -0.4 is 16.4 Å². The fraction of sp³-hybridized carbons (Fsp3) is 0.147. The number of halogens is 2. The fourth-order valence-electron chi connectivity index (χ4n) is 13.6. The molecule has 0 spiro atoms. The quantitative estimate of drug-likeness (QED) is 0.0863. The summed E-state index contributed by atoms with van der Waals surface area (Å²) in [4.78, 5) is 70.9. The Morgan fingerprint density at radius 1 is 0.500 bits per heavy atom. The number of nitrogen functional groups attached to an aromatic ring is 1. The first-order valence-corrected chi connectivity index (χ1v) is 32.2. The number of anilines is 3. The van der Waals surface area contributed by atoms with Gasteiger partial charge in [0.2, 0.25) is 11.8 Å². The van der Waals surface area contributed by atoms with Crippen molar-refractivity contribution in [3.8, 4) is 44.9 Å². The van der Waals surface area contributed by atoms with Gasteiger partial charge in [-0.3, -0.25) is 34.8 Å². The highest BCUT2D eigenvalue weighted by molar-refractivity contribution is 9.10. The van der Waals surface area contributed by atoms with E-state index in [1.54, 1.807) is 6.20 Å². The second-order valence-electron chi connectivity index (χ2n) is 22.5. The lowest BCUT2D eigenvalue weighted by molar-refractivity contribution is -0.573. The predicted molar refractivity (Wildman–Crippen MR) is 353 cm³/mol. The first kappa shape index (κ1) is 58.1. The number of carbonyl (C=O) groups is 2. The number of rotatable bonds is 10. The minimum atomic E-state index is -1.49. The highest BCUT2D eigenvalue weighted by Crippen LogP contribution is 2.66. The first-order valence-electron chi connectivity index (χ1n) is 28.0. The predicted octanol–water partition coefficient (Wildman–Crippen LogP) is 16.6. The number of nitrogens with two attached hydrogens (primary N) is 1. The molecule has 0 radical (unpaired) electrons. The molecule has 6 aliphatic rings. The van der Waals surface area contributed by atoms with Crippen LogP contribution in [-0.4, -0.2) is 41.6 Å². The summed E-state index contributed by atoms with van der Waals surface area (Å²) in [6, 6.07) is 57.7. The molecule has 2 amide bonds. The summed E-state index contributed by atoms with van der Waals surface area (Å²) in [7, 11) is 0. The summed E-state index contributed by atoms with van der Waals surface area (Å²) < 4.78 is 2.00. The Hall–Kier alpha value is -8.92. The average molecular weight is 1350 g/mol. The maximum atomic E-state index is 14.1. The fourth-order valence-corrected chi connectivity index (χ4v) is 16.4. The Morgan fingerprint density at radius 2 is 0.875 bits per heavy atom. The van der Waals surface area contributed by atoms with Gasteiger partial charge < -0.3 is 16.4 Å². The van der Waals surface area contributed by atoms with Crippen molar-refractivity contribution in [2.24, 2.45) is 10.8 Å². The lowest BCUT2D eigenvalue weighted by Gasteiger charge is -2.52. The standard InChI is InChI=1S/C32H24N4O3S.C27H20BrN3O3S.C9H7BrN2S/c1-31(19-32(36(38)39)25-13-4-2-11-23(25)28(31)24-12-3-5-14-26(24)32)29(37)35-30-34-27(18-40-30)21-9-6-8-20(16-21)22-10-7-15-33-17-22;1-26(24(32)30-25-29-22(14-35-25)16-7-6-8-17(28)13-16)15-27(31(33)34)20-11-4-2-9-18(20)23(26)19-10-3-5-12-21(19)27;10-7-3-1-2-6(4-7)8-5-13-9(11)12-8/h2-18,28H,19H2,1H3,(H,34,35,37);2-14,23H,15H2,1H3,(H,29,30,32);1-5H,(H2,11,12). The third-order valence-electron chi connectivity index (χ3n) is 17.4. The van der Waals surface area contributed by atoms with Gasteiger partial charge in [0.25, 0.3) is 11.1 Å². The molecule has 2 atom stereocenters. The third kappa shape index (κ3) is 9.92. The molecule has 15 nitrogen and oxygen atoms in total. The molecule has 4 N–H and O–H groups in total. The SMILES string of the molecule is CC1(C(=O)Nc2nc(-c3cccc(-c4cccnc4)c3)cs2)CC2([N+](=O)[O-])c3ccccc3C1c1ccccc12.CC1(C(=O)Nc2nc(-c3cccc(Br)c3)cs2)CC2([N+](=O)[O-])c3ccccc3C1c1ccccc12.Nc1nc(-c2cccc(Br)c2)cs1. The Morgan fingerprint density at radius 3 is 1.26 bits per heavy atom. The minimum Gasteiger partial charge on any atom is -0.375 e. The van der Waals surface area contributed by atoms with Crippen LogP contribution in [0.2, 0.25) is 0 Å². The lowest BCUT2D eigenvalue weighted by Crippen LogP contribution is -2.57. The van der Waals surface area contributed by atoms with Gasteiger partial charge in [0, 0.05) is 117 Å². The number of nitrogens with one attached hydrogen (secondary N) is 2. The van der Waals surface area contributed by atoms with Crippen molar-refractivity contribution < 1.29 is 19.4 Å². The van der Waals surface area contributed by atoms with E-state index < -0.39 is 21.9 Å². The van der Waals surface area contributed by atoms with E-state index in [1.165, 1.54) is 34.0 Å². The molecular formula is C68H51Br2N9O6S3. The van der Waals surface area contributed by atoms with E-state index in [1.807, 2.05) is 218 Å². The first-order chi connectivity index (χ1) is 42.5. The monoisotopic (exact) mass is 1340 g/mol.